The lowest BCUT2D eigenvalue weighted by atomic mass is 10.2. The van der Waals surface area contributed by atoms with Gasteiger partial charge in [0.2, 0.25) is 15.0 Å². The molecule has 174 valence electrons. The van der Waals surface area contributed by atoms with Crippen molar-refractivity contribution in [2.75, 3.05) is 13.2 Å². The molecule has 0 spiro atoms. The molecule has 3 heterocycles. The van der Waals surface area contributed by atoms with Crippen molar-refractivity contribution in [1.82, 2.24) is 14.5 Å². The van der Waals surface area contributed by atoms with Gasteiger partial charge in [-0.1, -0.05) is 36.4 Å². The maximum atomic E-state index is 13.2. The van der Waals surface area contributed by atoms with Crippen LogP contribution in [-0.2, 0) is 33.4 Å². The summed E-state index contributed by atoms with van der Waals surface area (Å²) in [6, 6.07) is 12.3. The Balaban J connectivity index is 1.62. The summed E-state index contributed by atoms with van der Waals surface area (Å²) in [6.07, 6.45) is 6.33. The van der Waals surface area contributed by atoms with Crippen molar-refractivity contribution in [1.29, 1.82) is 0 Å². The summed E-state index contributed by atoms with van der Waals surface area (Å²) < 4.78 is 39.0. The average molecular weight is 470 g/mol. The van der Waals surface area contributed by atoms with Crippen LogP contribution in [0.15, 0.2) is 77.2 Å². The number of allylic oxidation sites excluding steroid dienone is 1. The molecular formula is C24H27N3O5S. The van der Waals surface area contributed by atoms with E-state index in [0.717, 1.165) is 12.8 Å². The molecule has 0 N–H and O–H groups in total. The third-order valence-corrected chi connectivity index (χ3v) is 7.11. The van der Waals surface area contributed by atoms with Gasteiger partial charge in [-0.3, -0.25) is 4.79 Å². The lowest BCUT2D eigenvalue weighted by Crippen LogP contribution is -2.37. The van der Waals surface area contributed by atoms with E-state index in [0.29, 0.717) is 24.4 Å². The monoisotopic (exact) mass is 469 g/mol. The number of hydrogen-bond acceptors (Lipinski definition) is 6. The number of aromatic nitrogens is 2. The minimum absolute atomic E-state index is 0.0382. The summed E-state index contributed by atoms with van der Waals surface area (Å²) >= 11 is 0. The number of ether oxygens (including phenoxy) is 1. The number of furan rings is 1. The van der Waals surface area contributed by atoms with Gasteiger partial charge < -0.3 is 18.6 Å². The second-order valence-electron chi connectivity index (χ2n) is 7.97. The van der Waals surface area contributed by atoms with Crippen molar-refractivity contribution < 1.29 is 22.4 Å². The van der Waals surface area contributed by atoms with Gasteiger partial charge in [0.05, 0.1) is 36.6 Å². The molecule has 0 bridgehead atoms. The SMILES string of the molecule is C=CCn1c(CN(CC2CCCO2)C(=O)c2ccco2)cnc1S(=O)(=O)Cc1ccccc1. The highest BCUT2D eigenvalue weighted by molar-refractivity contribution is 7.90. The van der Waals surface area contributed by atoms with Crippen LogP contribution in [0.1, 0.15) is 34.7 Å². The first-order valence-electron chi connectivity index (χ1n) is 10.8. The van der Waals surface area contributed by atoms with E-state index in [4.69, 9.17) is 9.15 Å². The minimum Gasteiger partial charge on any atom is -0.459 e. The third-order valence-electron chi connectivity index (χ3n) is 5.51. The van der Waals surface area contributed by atoms with Crippen LogP contribution in [0.3, 0.4) is 0 Å². The first-order chi connectivity index (χ1) is 16.0. The molecule has 1 aliphatic heterocycles. The van der Waals surface area contributed by atoms with Crippen LogP contribution in [0.2, 0.25) is 0 Å². The fourth-order valence-corrected chi connectivity index (χ4v) is 5.46. The molecule has 0 saturated carbocycles. The van der Waals surface area contributed by atoms with Crippen LogP contribution in [0.4, 0.5) is 0 Å². The first-order valence-corrected chi connectivity index (χ1v) is 12.5. The summed E-state index contributed by atoms with van der Waals surface area (Å²) in [5.41, 5.74) is 1.28. The maximum Gasteiger partial charge on any atom is 0.289 e. The number of benzene rings is 1. The highest BCUT2D eigenvalue weighted by atomic mass is 32.2. The van der Waals surface area contributed by atoms with E-state index in [9.17, 15) is 13.2 Å². The highest BCUT2D eigenvalue weighted by Gasteiger charge is 2.28. The molecule has 1 aromatic carbocycles. The van der Waals surface area contributed by atoms with E-state index in [2.05, 4.69) is 11.6 Å². The van der Waals surface area contributed by atoms with Gasteiger partial charge in [-0.15, -0.1) is 6.58 Å². The topological polar surface area (TPSA) is 94.6 Å². The van der Waals surface area contributed by atoms with Crippen LogP contribution in [0.5, 0.6) is 0 Å². The molecule has 0 radical (unpaired) electrons. The van der Waals surface area contributed by atoms with Gasteiger partial charge in [-0.2, -0.15) is 0 Å². The summed E-state index contributed by atoms with van der Waals surface area (Å²) in [5.74, 6) is -0.220. The summed E-state index contributed by atoms with van der Waals surface area (Å²) in [6.45, 7) is 5.23. The number of amides is 1. The van der Waals surface area contributed by atoms with Crippen molar-refractivity contribution in [2.45, 2.75) is 42.9 Å². The number of rotatable bonds is 10. The third kappa shape index (κ3) is 5.43. The van der Waals surface area contributed by atoms with Crippen LogP contribution in [0, 0.1) is 0 Å². The Labute approximate surface area is 193 Å². The van der Waals surface area contributed by atoms with E-state index in [-0.39, 0.29) is 41.8 Å². The van der Waals surface area contributed by atoms with Crippen LogP contribution >= 0.6 is 0 Å². The zero-order valence-corrected chi connectivity index (χ0v) is 19.1. The highest BCUT2D eigenvalue weighted by Crippen LogP contribution is 2.21. The lowest BCUT2D eigenvalue weighted by molar-refractivity contribution is 0.0478. The van der Waals surface area contributed by atoms with Crippen LogP contribution in [-0.4, -0.2) is 48.0 Å². The Kier molecular flexibility index (Phi) is 7.10. The standard InChI is InChI=1S/C24H27N3O5S/c1-2-12-27-20(15-25-24(27)33(29,30)18-19-8-4-3-5-9-19)16-26(17-21-10-6-13-31-21)23(28)22-11-7-14-32-22/h2-5,7-9,11,14-15,21H,1,6,10,12-13,16-18H2. The van der Waals surface area contributed by atoms with Crippen molar-refractivity contribution >= 4 is 15.7 Å². The van der Waals surface area contributed by atoms with Crippen molar-refractivity contribution in [3.63, 3.8) is 0 Å². The molecule has 1 unspecified atom stereocenters. The molecule has 1 fully saturated rings. The van der Waals surface area contributed by atoms with Crippen LogP contribution < -0.4 is 0 Å². The van der Waals surface area contributed by atoms with Gasteiger partial charge in [0.15, 0.2) is 5.76 Å². The predicted molar refractivity (Wildman–Crippen MR) is 122 cm³/mol. The molecule has 0 aliphatic carbocycles. The average Bonchev–Trinajstić information content (AvgIpc) is 3.57. The van der Waals surface area contributed by atoms with E-state index in [1.54, 1.807) is 51.9 Å². The Morgan fingerprint density at radius 2 is 2.06 bits per heavy atom. The number of sulfone groups is 1. The van der Waals surface area contributed by atoms with Gasteiger partial charge in [0.25, 0.3) is 5.91 Å². The fourth-order valence-electron chi connectivity index (χ4n) is 3.95. The summed E-state index contributed by atoms with van der Waals surface area (Å²) in [5, 5.41) is -0.0382. The molecule has 33 heavy (non-hydrogen) atoms. The second kappa shape index (κ2) is 10.2. The lowest BCUT2D eigenvalue weighted by Gasteiger charge is -2.25. The zero-order chi connectivity index (χ0) is 23.3. The molecule has 9 heteroatoms. The van der Waals surface area contributed by atoms with Gasteiger partial charge in [-0.05, 0) is 30.5 Å². The number of carbonyl (C=O) groups excluding carboxylic acids is 1. The van der Waals surface area contributed by atoms with Crippen molar-refractivity contribution in [3.05, 3.63) is 84.6 Å². The quantitative estimate of drug-likeness (QED) is 0.422. The second-order valence-corrected chi connectivity index (χ2v) is 9.86. The normalized spacial score (nSPS) is 16.1. The molecule has 1 amide bonds. The Bertz CT molecular complexity index is 1180. The van der Waals surface area contributed by atoms with E-state index >= 15 is 0 Å². The fraction of sp³-hybridized carbons (Fsp3) is 0.333. The number of hydrogen-bond donors (Lipinski definition) is 0. The summed E-state index contributed by atoms with van der Waals surface area (Å²) in [4.78, 5) is 19.0. The smallest absolute Gasteiger partial charge is 0.289 e. The molecule has 8 nitrogen and oxygen atoms in total. The molecule has 1 atom stereocenters. The Hall–Kier alpha value is -3.17. The zero-order valence-electron chi connectivity index (χ0n) is 18.3. The van der Waals surface area contributed by atoms with Gasteiger partial charge in [0, 0.05) is 19.7 Å². The first kappa shape index (κ1) is 23.0. The molecule has 4 rings (SSSR count). The minimum atomic E-state index is -3.71. The van der Waals surface area contributed by atoms with Gasteiger partial charge >= 0.3 is 0 Å². The molecule has 1 aliphatic rings. The molecule has 2 aromatic heterocycles. The van der Waals surface area contributed by atoms with E-state index in [1.165, 1.54) is 12.5 Å². The van der Waals surface area contributed by atoms with Crippen molar-refractivity contribution in [2.24, 2.45) is 0 Å². The van der Waals surface area contributed by atoms with Gasteiger partial charge in [-0.25, -0.2) is 13.4 Å². The number of carbonyl (C=O) groups is 1. The van der Waals surface area contributed by atoms with Crippen LogP contribution in [0.25, 0.3) is 0 Å². The predicted octanol–water partition coefficient (Wildman–Crippen LogP) is 3.46. The Morgan fingerprint density at radius 3 is 2.73 bits per heavy atom. The molecule has 3 aromatic rings. The molecule has 1 saturated heterocycles. The Morgan fingerprint density at radius 1 is 1.24 bits per heavy atom. The number of imidazole rings is 1. The van der Waals surface area contributed by atoms with E-state index < -0.39 is 9.84 Å². The number of nitrogens with zero attached hydrogens (tertiary/aromatic N) is 3. The molecular weight excluding hydrogens is 442 g/mol. The summed E-state index contributed by atoms with van der Waals surface area (Å²) in [7, 11) is -3.71. The maximum absolute atomic E-state index is 13.2. The van der Waals surface area contributed by atoms with Gasteiger partial charge in [0.1, 0.15) is 0 Å². The van der Waals surface area contributed by atoms with E-state index in [1.807, 2.05) is 6.07 Å². The van der Waals surface area contributed by atoms with Crippen molar-refractivity contribution in [3.8, 4) is 0 Å². The largest absolute Gasteiger partial charge is 0.459 e.